The molecule has 0 saturated heterocycles. The molecule has 0 radical (unpaired) electrons. The van der Waals surface area contributed by atoms with Gasteiger partial charge in [-0.2, -0.15) is 0 Å². The van der Waals surface area contributed by atoms with Crippen LogP contribution in [0.25, 0.3) is 0 Å². The first-order valence-corrected chi connectivity index (χ1v) is 4.85. The first kappa shape index (κ1) is 12.5. The van der Waals surface area contributed by atoms with Gasteiger partial charge in [0.15, 0.2) is 0 Å². The van der Waals surface area contributed by atoms with Crippen LogP contribution in [-0.2, 0) is 17.5 Å². The maximum Gasteiger partial charge on any atom is 1.00 e. The summed E-state index contributed by atoms with van der Waals surface area (Å²) in [5, 5.41) is 0. The number of H-pyrrole nitrogens is 1. The molecule has 7 heteroatoms. The van der Waals surface area contributed by atoms with E-state index < -0.39 is 11.1 Å². The molecular formula is C5H6NNaO3S2. The largest absolute Gasteiger partial charge is 1.00 e. The zero-order valence-corrected chi connectivity index (χ0v) is 10.4. The number of aromatic nitrogens is 1. The summed E-state index contributed by atoms with van der Waals surface area (Å²) in [6, 6.07) is 0. The predicted molar refractivity (Wildman–Crippen MR) is 41.5 cm³/mol. The van der Waals surface area contributed by atoms with Crippen molar-refractivity contribution in [1.82, 2.24) is 4.98 Å². The Labute approximate surface area is 98.0 Å². The minimum Gasteiger partial charge on any atom is -0.768 e. The van der Waals surface area contributed by atoms with Crippen LogP contribution in [0.1, 0.15) is 12.6 Å². The molecule has 0 aliphatic heterocycles. The number of thiazole rings is 1. The van der Waals surface area contributed by atoms with Crippen LogP contribution < -0.4 is 34.4 Å². The molecule has 0 aliphatic carbocycles. The number of aryl methyl sites for hydroxylation is 1. The van der Waals surface area contributed by atoms with Gasteiger partial charge in [0.25, 0.3) is 0 Å². The molecule has 1 N–H and O–H groups in total. The molecule has 1 heterocycles. The van der Waals surface area contributed by atoms with Crippen molar-refractivity contribution in [3.8, 4) is 0 Å². The molecule has 1 unspecified atom stereocenters. The molecule has 1 aromatic rings. The van der Waals surface area contributed by atoms with E-state index >= 15 is 0 Å². The fourth-order valence-electron chi connectivity index (χ4n) is 0.713. The molecule has 62 valence electrons. The van der Waals surface area contributed by atoms with Gasteiger partial charge in [-0.25, -0.2) is 0 Å². The summed E-state index contributed by atoms with van der Waals surface area (Å²) in [4.78, 5) is 12.8. The van der Waals surface area contributed by atoms with E-state index in [1.165, 1.54) is 0 Å². The topological polar surface area (TPSA) is 73.0 Å². The second-order valence-corrected chi connectivity index (χ2v) is 3.99. The summed E-state index contributed by atoms with van der Waals surface area (Å²) in [5.41, 5.74) is 0.494. The number of hydrogen-bond donors (Lipinski definition) is 1. The van der Waals surface area contributed by atoms with Gasteiger partial charge in [-0.3, -0.25) is 9.00 Å². The molecule has 0 fully saturated rings. The Bertz CT molecular complexity index is 332. The molecule has 0 spiro atoms. The van der Waals surface area contributed by atoms with Crippen molar-refractivity contribution in [2.45, 2.75) is 17.6 Å². The normalized spacial score (nSPS) is 12.2. The second kappa shape index (κ2) is 5.31. The summed E-state index contributed by atoms with van der Waals surface area (Å²) >= 11 is -1.56. The van der Waals surface area contributed by atoms with Crippen LogP contribution in [0.5, 0.6) is 0 Å². The molecule has 4 nitrogen and oxygen atoms in total. The van der Waals surface area contributed by atoms with E-state index in [9.17, 15) is 13.6 Å². The van der Waals surface area contributed by atoms with Gasteiger partial charge in [-0.15, -0.1) is 0 Å². The van der Waals surface area contributed by atoms with Crippen molar-refractivity contribution >= 4 is 22.4 Å². The van der Waals surface area contributed by atoms with Gasteiger partial charge >= 0.3 is 34.4 Å². The van der Waals surface area contributed by atoms with E-state index in [-0.39, 0.29) is 38.6 Å². The van der Waals surface area contributed by atoms with Crippen LogP contribution in [0.15, 0.2) is 9.00 Å². The summed E-state index contributed by atoms with van der Waals surface area (Å²) in [6.45, 7) is 1.79. The van der Waals surface area contributed by atoms with E-state index in [0.29, 0.717) is 12.1 Å². The molecule has 0 aromatic carbocycles. The number of aromatic amines is 1. The van der Waals surface area contributed by atoms with Gasteiger partial charge in [0.1, 0.15) is 4.21 Å². The summed E-state index contributed by atoms with van der Waals surface area (Å²) in [7, 11) is 0. The molecule has 0 amide bonds. The maximum absolute atomic E-state index is 10.7. The first-order valence-electron chi connectivity index (χ1n) is 2.96. The number of hydrogen-bond acceptors (Lipinski definition) is 4. The van der Waals surface area contributed by atoms with Crippen molar-refractivity contribution < 1.29 is 38.3 Å². The van der Waals surface area contributed by atoms with Crippen LogP contribution in [0.2, 0.25) is 0 Å². The third-order valence-electron chi connectivity index (χ3n) is 1.19. The third kappa shape index (κ3) is 2.79. The molecular weight excluding hydrogens is 209 g/mol. The van der Waals surface area contributed by atoms with Crippen molar-refractivity contribution in [3.63, 3.8) is 0 Å². The monoisotopic (exact) mass is 215 g/mol. The maximum atomic E-state index is 10.7. The van der Waals surface area contributed by atoms with E-state index in [1.54, 1.807) is 6.92 Å². The standard InChI is InChI=1S/C5H7NO3S2.Na/c1-2-3-4(11(8)9)10-5(7)6-3;/h2H2,1H3,(H,6,7)(H,8,9);/q;+1/p-1. The van der Waals surface area contributed by atoms with Crippen LogP contribution in [0.3, 0.4) is 0 Å². The van der Waals surface area contributed by atoms with Crippen molar-refractivity contribution in [1.29, 1.82) is 0 Å². The van der Waals surface area contributed by atoms with Crippen molar-refractivity contribution in [3.05, 3.63) is 15.4 Å². The van der Waals surface area contributed by atoms with E-state index in [2.05, 4.69) is 4.98 Å². The fourth-order valence-corrected chi connectivity index (χ4v) is 2.27. The second-order valence-electron chi connectivity index (χ2n) is 1.87. The zero-order valence-electron chi connectivity index (χ0n) is 6.75. The third-order valence-corrected chi connectivity index (χ3v) is 3.12. The zero-order chi connectivity index (χ0) is 8.43. The van der Waals surface area contributed by atoms with Gasteiger partial charge < -0.3 is 9.54 Å². The molecule has 1 aromatic heterocycles. The SMILES string of the molecule is CCc1[nH]c(=O)sc1S(=O)[O-].[Na+]. The Morgan fingerprint density at radius 2 is 2.25 bits per heavy atom. The van der Waals surface area contributed by atoms with Crippen LogP contribution in [0, 0.1) is 0 Å². The Morgan fingerprint density at radius 3 is 2.58 bits per heavy atom. The van der Waals surface area contributed by atoms with Gasteiger partial charge in [0.2, 0.25) is 0 Å². The number of nitrogens with one attached hydrogen (secondary N) is 1. The summed E-state index contributed by atoms with van der Waals surface area (Å²) in [6.07, 6.45) is 0.530. The Hall–Kier alpha value is 0.540. The quantitative estimate of drug-likeness (QED) is 0.429. The van der Waals surface area contributed by atoms with Crippen LogP contribution >= 0.6 is 11.3 Å². The average Bonchev–Trinajstić information content (AvgIpc) is 2.30. The Kier molecular flexibility index (Phi) is 5.55. The smallest absolute Gasteiger partial charge is 0.768 e. The molecule has 0 aliphatic rings. The van der Waals surface area contributed by atoms with Gasteiger partial charge in [0.05, 0.1) is 0 Å². The van der Waals surface area contributed by atoms with Crippen molar-refractivity contribution in [2.24, 2.45) is 0 Å². The number of rotatable bonds is 2. The van der Waals surface area contributed by atoms with Gasteiger partial charge in [0, 0.05) is 5.69 Å². The Morgan fingerprint density at radius 1 is 1.67 bits per heavy atom. The first-order chi connectivity index (χ1) is 5.15. The summed E-state index contributed by atoms with van der Waals surface area (Å²) in [5.74, 6) is 0. The van der Waals surface area contributed by atoms with E-state index in [0.717, 1.165) is 11.3 Å². The summed E-state index contributed by atoms with van der Waals surface area (Å²) < 4.78 is 21.0. The van der Waals surface area contributed by atoms with Crippen molar-refractivity contribution in [2.75, 3.05) is 0 Å². The molecule has 1 atom stereocenters. The molecule has 1 rings (SSSR count). The molecule has 0 saturated carbocycles. The Balaban J connectivity index is 0.00000121. The fraction of sp³-hybridized carbons (Fsp3) is 0.400. The van der Waals surface area contributed by atoms with Gasteiger partial charge in [-0.05, 0) is 17.5 Å². The van der Waals surface area contributed by atoms with Crippen LogP contribution in [0.4, 0.5) is 0 Å². The predicted octanol–water partition coefficient (Wildman–Crippen LogP) is -2.76. The average molecular weight is 215 g/mol. The van der Waals surface area contributed by atoms with Crippen LogP contribution in [-0.4, -0.2) is 13.7 Å². The molecule has 12 heavy (non-hydrogen) atoms. The minimum absolute atomic E-state index is 0. The van der Waals surface area contributed by atoms with Gasteiger partial charge in [-0.1, -0.05) is 18.3 Å². The molecule has 0 bridgehead atoms. The van der Waals surface area contributed by atoms with E-state index in [1.807, 2.05) is 0 Å². The van der Waals surface area contributed by atoms with E-state index in [4.69, 9.17) is 0 Å². The minimum atomic E-state index is -2.28.